The predicted octanol–water partition coefficient (Wildman–Crippen LogP) is 2.17. The Hall–Kier alpha value is -2.90. The van der Waals surface area contributed by atoms with Crippen molar-refractivity contribution in [3.8, 4) is 5.75 Å². The number of nitro groups is 1. The maximum atomic E-state index is 10.7. The minimum absolute atomic E-state index is 0.00480. The second kappa shape index (κ2) is 5.39. The van der Waals surface area contributed by atoms with Crippen LogP contribution in [0.5, 0.6) is 5.75 Å². The van der Waals surface area contributed by atoms with E-state index in [1.54, 1.807) is 6.92 Å². The molecule has 8 heteroatoms. The van der Waals surface area contributed by atoms with Crippen LogP contribution in [0.15, 0.2) is 28.8 Å². The average molecular weight is 278 g/mol. The van der Waals surface area contributed by atoms with E-state index in [-0.39, 0.29) is 23.7 Å². The molecule has 0 radical (unpaired) electrons. The Morgan fingerprint density at radius 3 is 2.80 bits per heavy atom. The zero-order valence-corrected chi connectivity index (χ0v) is 10.4. The summed E-state index contributed by atoms with van der Waals surface area (Å²) in [5, 5.41) is 22.7. The largest absolute Gasteiger partial charge is 0.486 e. The molecule has 2 aromatic rings. The molecule has 0 aliphatic heterocycles. The minimum atomic E-state index is -1.19. The number of aromatic nitrogens is 1. The lowest BCUT2D eigenvalue weighted by Crippen LogP contribution is -1.97. The quantitative estimate of drug-likeness (QED) is 0.658. The van der Waals surface area contributed by atoms with Crippen molar-refractivity contribution < 1.29 is 24.1 Å². The highest BCUT2D eigenvalue weighted by atomic mass is 16.6. The molecule has 2 rings (SSSR count). The Kier molecular flexibility index (Phi) is 3.65. The number of rotatable bonds is 5. The highest BCUT2D eigenvalue weighted by molar-refractivity contribution is 5.85. The molecule has 1 aromatic heterocycles. The van der Waals surface area contributed by atoms with E-state index in [1.165, 1.54) is 24.3 Å². The molecule has 8 nitrogen and oxygen atoms in total. The fraction of sp³-hybridized carbons (Fsp3) is 0.167. The van der Waals surface area contributed by atoms with Gasteiger partial charge in [-0.1, -0.05) is 5.16 Å². The van der Waals surface area contributed by atoms with Gasteiger partial charge in [-0.05, 0) is 19.1 Å². The van der Waals surface area contributed by atoms with Crippen LogP contribution >= 0.6 is 0 Å². The van der Waals surface area contributed by atoms with Gasteiger partial charge in [0.2, 0.25) is 0 Å². The summed E-state index contributed by atoms with van der Waals surface area (Å²) in [5.74, 6) is -0.522. The lowest BCUT2D eigenvalue weighted by molar-refractivity contribution is -0.385. The SMILES string of the molecule is Cc1cc(OCc2cc(C(=O)O)no2)ccc1[N+](=O)[O-]. The van der Waals surface area contributed by atoms with Crippen molar-refractivity contribution in [2.75, 3.05) is 0 Å². The van der Waals surface area contributed by atoms with Crippen molar-refractivity contribution in [3.05, 3.63) is 51.4 Å². The van der Waals surface area contributed by atoms with Gasteiger partial charge in [-0.25, -0.2) is 4.79 Å². The Labute approximate surface area is 112 Å². The maximum Gasteiger partial charge on any atom is 0.358 e. The first-order valence-corrected chi connectivity index (χ1v) is 5.54. The number of benzene rings is 1. The summed E-state index contributed by atoms with van der Waals surface area (Å²) >= 11 is 0. The molecule has 0 saturated heterocycles. The molecule has 0 atom stereocenters. The lowest BCUT2D eigenvalue weighted by atomic mass is 10.2. The molecule has 20 heavy (non-hydrogen) atoms. The Morgan fingerprint density at radius 2 is 2.25 bits per heavy atom. The van der Waals surface area contributed by atoms with E-state index in [2.05, 4.69) is 5.16 Å². The number of carboxylic acids is 1. The summed E-state index contributed by atoms with van der Waals surface area (Å²) in [6.07, 6.45) is 0. The molecular weight excluding hydrogens is 268 g/mol. The Morgan fingerprint density at radius 1 is 1.50 bits per heavy atom. The number of carbonyl (C=O) groups is 1. The molecule has 0 unspecified atom stereocenters. The summed E-state index contributed by atoms with van der Waals surface area (Å²) in [6, 6.07) is 5.57. The highest BCUT2D eigenvalue weighted by Crippen LogP contribution is 2.23. The van der Waals surface area contributed by atoms with Gasteiger partial charge in [-0.15, -0.1) is 0 Å². The van der Waals surface area contributed by atoms with Crippen molar-refractivity contribution in [1.82, 2.24) is 5.16 Å². The average Bonchev–Trinajstić information content (AvgIpc) is 2.85. The number of ether oxygens (including phenoxy) is 1. The minimum Gasteiger partial charge on any atom is -0.486 e. The standard InChI is InChI=1S/C12H10N2O6/c1-7-4-8(2-3-11(7)14(17)18)19-6-9-5-10(12(15)16)13-20-9/h2-5H,6H2,1H3,(H,15,16). The molecule has 1 aromatic carbocycles. The van der Waals surface area contributed by atoms with Crippen LogP contribution in [0, 0.1) is 17.0 Å². The van der Waals surface area contributed by atoms with E-state index in [1.807, 2.05) is 0 Å². The number of aryl methyl sites for hydroxylation is 1. The van der Waals surface area contributed by atoms with E-state index in [4.69, 9.17) is 14.4 Å². The van der Waals surface area contributed by atoms with Gasteiger partial charge in [0, 0.05) is 17.7 Å². The number of carboxylic acid groups (broad SMARTS) is 1. The van der Waals surface area contributed by atoms with Crippen LogP contribution in [-0.4, -0.2) is 21.2 Å². The number of hydrogen-bond acceptors (Lipinski definition) is 6. The zero-order chi connectivity index (χ0) is 14.7. The van der Waals surface area contributed by atoms with E-state index in [0.717, 1.165) is 0 Å². The molecule has 1 N–H and O–H groups in total. The van der Waals surface area contributed by atoms with Crippen LogP contribution in [0.25, 0.3) is 0 Å². The molecule has 104 valence electrons. The van der Waals surface area contributed by atoms with Gasteiger partial charge >= 0.3 is 5.97 Å². The van der Waals surface area contributed by atoms with Crippen LogP contribution in [0.4, 0.5) is 5.69 Å². The van der Waals surface area contributed by atoms with Gasteiger partial charge in [0.1, 0.15) is 12.4 Å². The molecule has 0 aliphatic carbocycles. The van der Waals surface area contributed by atoms with Crippen molar-refractivity contribution in [3.63, 3.8) is 0 Å². The number of aromatic carboxylic acids is 1. The molecule has 0 bridgehead atoms. The Bertz CT molecular complexity index is 664. The van der Waals surface area contributed by atoms with Crippen LogP contribution < -0.4 is 4.74 Å². The van der Waals surface area contributed by atoms with Crippen molar-refractivity contribution in [2.24, 2.45) is 0 Å². The topological polar surface area (TPSA) is 116 Å². The fourth-order valence-corrected chi connectivity index (χ4v) is 1.56. The van der Waals surface area contributed by atoms with Crippen molar-refractivity contribution in [2.45, 2.75) is 13.5 Å². The zero-order valence-electron chi connectivity index (χ0n) is 10.4. The maximum absolute atomic E-state index is 10.7. The van der Waals surface area contributed by atoms with E-state index < -0.39 is 10.9 Å². The number of nitro benzene ring substituents is 1. The van der Waals surface area contributed by atoms with Gasteiger partial charge in [0.25, 0.3) is 5.69 Å². The molecule has 0 aliphatic rings. The number of hydrogen-bond donors (Lipinski definition) is 1. The molecular formula is C12H10N2O6. The summed E-state index contributed by atoms with van der Waals surface area (Å²) in [6.45, 7) is 1.58. The molecule has 0 fully saturated rings. The normalized spacial score (nSPS) is 10.2. The van der Waals surface area contributed by atoms with Crippen molar-refractivity contribution >= 4 is 11.7 Å². The second-order valence-electron chi connectivity index (χ2n) is 3.98. The first kappa shape index (κ1) is 13.5. The van der Waals surface area contributed by atoms with E-state index >= 15 is 0 Å². The van der Waals surface area contributed by atoms with Gasteiger partial charge in [0.15, 0.2) is 11.5 Å². The second-order valence-corrected chi connectivity index (χ2v) is 3.98. The third kappa shape index (κ3) is 2.91. The highest BCUT2D eigenvalue weighted by Gasteiger charge is 2.13. The van der Waals surface area contributed by atoms with Crippen molar-refractivity contribution in [1.29, 1.82) is 0 Å². The molecule has 1 heterocycles. The lowest BCUT2D eigenvalue weighted by Gasteiger charge is -2.04. The predicted molar refractivity (Wildman–Crippen MR) is 65.6 cm³/mol. The van der Waals surface area contributed by atoms with Gasteiger partial charge in [-0.3, -0.25) is 10.1 Å². The smallest absolute Gasteiger partial charge is 0.358 e. The summed E-state index contributed by atoms with van der Waals surface area (Å²) in [7, 11) is 0. The first-order chi connectivity index (χ1) is 9.47. The Balaban J connectivity index is 2.05. The third-order valence-electron chi connectivity index (χ3n) is 2.52. The summed E-state index contributed by atoms with van der Waals surface area (Å²) < 4.78 is 10.1. The summed E-state index contributed by atoms with van der Waals surface area (Å²) in [4.78, 5) is 20.8. The fourth-order valence-electron chi connectivity index (χ4n) is 1.56. The van der Waals surface area contributed by atoms with E-state index in [0.29, 0.717) is 11.3 Å². The van der Waals surface area contributed by atoms with Crippen LogP contribution in [-0.2, 0) is 6.61 Å². The molecule has 0 spiro atoms. The van der Waals surface area contributed by atoms with Crippen LogP contribution in [0.3, 0.4) is 0 Å². The number of nitrogens with zero attached hydrogens (tertiary/aromatic N) is 2. The van der Waals surface area contributed by atoms with Gasteiger partial charge in [-0.2, -0.15) is 0 Å². The monoisotopic (exact) mass is 278 g/mol. The summed E-state index contributed by atoms with van der Waals surface area (Å²) in [5.41, 5.74) is 0.268. The molecule has 0 amide bonds. The van der Waals surface area contributed by atoms with Crippen LogP contribution in [0.2, 0.25) is 0 Å². The van der Waals surface area contributed by atoms with Gasteiger partial charge in [0.05, 0.1) is 4.92 Å². The van der Waals surface area contributed by atoms with Crippen LogP contribution in [0.1, 0.15) is 21.8 Å². The van der Waals surface area contributed by atoms with E-state index in [9.17, 15) is 14.9 Å². The first-order valence-electron chi connectivity index (χ1n) is 5.54. The molecule has 0 saturated carbocycles. The van der Waals surface area contributed by atoms with Gasteiger partial charge < -0.3 is 14.4 Å². The third-order valence-corrected chi connectivity index (χ3v) is 2.52.